The highest BCUT2D eigenvalue weighted by atomic mass is 79.9. The van der Waals surface area contributed by atoms with Gasteiger partial charge in [0.05, 0.1) is 4.90 Å². The normalized spacial score (nSPS) is 17.7. The first-order chi connectivity index (χ1) is 8.40. The molecule has 6 heteroatoms. The van der Waals surface area contributed by atoms with Gasteiger partial charge in [-0.1, -0.05) is 22.0 Å². The minimum atomic E-state index is -3.47. The van der Waals surface area contributed by atoms with E-state index in [0.717, 1.165) is 22.9 Å². The Hall–Kier alpha value is -0.430. The van der Waals surface area contributed by atoms with Crippen LogP contribution in [-0.4, -0.2) is 21.0 Å². The Morgan fingerprint density at radius 1 is 1.50 bits per heavy atom. The molecule has 0 radical (unpaired) electrons. The Morgan fingerprint density at radius 3 is 2.78 bits per heavy atom. The van der Waals surface area contributed by atoms with Gasteiger partial charge in [-0.3, -0.25) is 0 Å². The molecule has 1 aliphatic rings. The number of benzene rings is 1. The van der Waals surface area contributed by atoms with E-state index in [1.165, 1.54) is 0 Å². The predicted octanol–water partition coefficient (Wildman–Crippen LogP) is 1.77. The number of halogens is 1. The van der Waals surface area contributed by atoms with Gasteiger partial charge in [-0.15, -0.1) is 0 Å². The summed E-state index contributed by atoms with van der Waals surface area (Å²) in [6.07, 6.45) is 2.22. The van der Waals surface area contributed by atoms with E-state index in [2.05, 4.69) is 20.7 Å². The molecule has 0 aliphatic heterocycles. The summed E-state index contributed by atoms with van der Waals surface area (Å²) in [4.78, 5) is 0.305. The highest BCUT2D eigenvalue weighted by molar-refractivity contribution is 9.10. The molecule has 1 unspecified atom stereocenters. The van der Waals surface area contributed by atoms with E-state index < -0.39 is 10.0 Å². The molecule has 1 fully saturated rings. The molecule has 2 rings (SSSR count). The molecular formula is C12H17BrN2O2S. The maximum absolute atomic E-state index is 12.2. The lowest BCUT2D eigenvalue weighted by Crippen LogP contribution is -2.38. The third-order valence-corrected chi connectivity index (χ3v) is 5.24. The van der Waals surface area contributed by atoms with Crippen molar-refractivity contribution in [1.82, 2.24) is 4.72 Å². The standard InChI is InChI=1S/C12H17BrN2O2S/c1-8-2-5-10(13)6-12(8)18(16,17)15-7-11(14)9-3-4-9/h2,5-6,9,11,15H,3-4,7,14H2,1H3. The minimum absolute atomic E-state index is 0.0766. The molecule has 1 aromatic carbocycles. The Labute approximate surface area is 116 Å². The monoisotopic (exact) mass is 332 g/mol. The first kappa shape index (κ1) is 14.0. The number of sulfonamides is 1. The average molecular weight is 333 g/mol. The lowest BCUT2D eigenvalue weighted by molar-refractivity contribution is 0.547. The van der Waals surface area contributed by atoms with E-state index in [4.69, 9.17) is 5.73 Å². The lowest BCUT2D eigenvalue weighted by atomic mass is 10.2. The summed E-state index contributed by atoms with van der Waals surface area (Å²) >= 11 is 3.29. The van der Waals surface area contributed by atoms with E-state index in [1.54, 1.807) is 19.1 Å². The smallest absolute Gasteiger partial charge is 0.240 e. The molecule has 0 bridgehead atoms. The summed E-state index contributed by atoms with van der Waals surface area (Å²) in [7, 11) is -3.47. The first-order valence-corrected chi connectivity index (χ1v) is 8.19. The van der Waals surface area contributed by atoms with Crippen LogP contribution in [0.15, 0.2) is 27.6 Å². The predicted molar refractivity (Wildman–Crippen MR) is 74.8 cm³/mol. The Bertz CT molecular complexity index is 541. The van der Waals surface area contributed by atoms with Gasteiger partial charge in [0.25, 0.3) is 0 Å². The van der Waals surface area contributed by atoms with Crippen LogP contribution in [0.25, 0.3) is 0 Å². The van der Waals surface area contributed by atoms with Crippen molar-refractivity contribution in [3.63, 3.8) is 0 Å². The number of aryl methyl sites for hydroxylation is 1. The van der Waals surface area contributed by atoms with E-state index in [9.17, 15) is 8.42 Å². The summed E-state index contributed by atoms with van der Waals surface area (Å²) in [5.41, 5.74) is 6.62. The molecule has 0 saturated heterocycles. The van der Waals surface area contributed by atoms with Crippen LogP contribution in [-0.2, 0) is 10.0 Å². The van der Waals surface area contributed by atoms with Crippen LogP contribution < -0.4 is 10.5 Å². The molecule has 100 valence electrons. The zero-order chi connectivity index (χ0) is 13.3. The number of nitrogens with two attached hydrogens (primary N) is 1. The molecule has 1 aromatic rings. The summed E-state index contributed by atoms with van der Waals surface area (Å²) in [6, 6.07) is 5.14. The van der Waals surface area contributed by atoms with Crippen molar-refractivity contribution in [2.45, 2.75) is 30.7 Å². The second-order valence-corrected chi connectivity index (χ2v) is 7.41. The van der Waals surface area contributed by atoms with Crippen LogP contribution in [0.2, 0.25) is 0 Å². The van der Waals surface area contributed by atoms with Crippen molar-refractivity contribution in [3.05, 3.63) is 28.2 Å². The van der Waals surface area contributed by atoms with Gasteiger partial charge < -0.3 is 5.73 Å². The Kier molecular flexibility index (Phi) is 4.11. The zero-order valence-electron chi connectivity index (χ0n) is 10.2. The molecule has 4 nitrogen and oxygen atoms in total. The Morgan fingerprint density at radius 2 is 2.17 bits per heavy atom. The number of nitrogens with one attached hydrogen (secondary N) is 1. The molecule has 0 aromatic heterocycles. The lowest BCUT2D eigenvalue weighted by Gasteiger charge is -2.13. The van der Waals surface area contributed by atoms with Crippen molar-refractivity contribution in [2.75, 3.05) is 6.54 Å². The number of hydrogen-bond donors (Lipinski definition) is 2. The van der Waals surface area contributed by atoms with Gasteiger partial charge >= 0.3 is 0 Å². The van der Waals surface area contributed by atoms with Crippen molar-refractivity contribution in [3.8, 4) is 0 Å². The molecule has 0 heterocycles. The average Bonchev–Trinajstić information content (AvgIpc) is 3.13. The van der Waals surface area contributed by atoms with Crippen LogP contribution in [0.3, 0.4) is 0 Å². The second kappa shape index (κ2) is 5.28. The molecule has 18 heavy (non-hydrogen) atoms. The van der Waals surface area contributed by atoms with Crippen molar-refractivity contribution in [2.24, 2.45) is 11.7 Å². The highest BCUT2D eigenvalue weighted by Gasteiger charge is 2.29. The third-order valence-electron chi connectivity index (χ3n) is 3.18. The van der Waals surface area contributed by atoms with Crippen molar-refractivity contribution >= 4 is 26.0 Å². The molecule has 0 spiro atoms. The summed E-state index contributed by atoms with van der Waals surface area (Å²) in [6.45, 7) is 2.08. The van der Waals surface area contributed by atoms with E-state index in [0.29, 0.717) is 17.4 Å². The van der Waals surface area contributed by atoms with Crippen molar-refractivity contribution in [1.29, 1.82) is 0 Å². The van der Waals surface area contributed by atoms with Crippen LogP contribution in [0.4, 0.5) is 0 Å². The SMILES string of the molecule is Cc1ccc(Br)cc1S(=O)(=O)NCC(N)C1CC1. The first-order valence-electron chi connectivity index (χ1n) is 5.91. The quantitative estimate of drug-likeness (QED) is 0.863. The van der Waals surface area contributed by atoms with Gasteiger partial charge in [0.2, 0.25) is 10.0 Å². The van der Waals surface area contributed by atoms with Gasteiger partial charge in [-0.2, -0.15) is 0 Å². The number of rotatable bonds is 5. The largest absolute Gasteiger partial charge is 0.326 e. The van der Waals surface area contributed by atoms with Gasteiger partial charge in [-0.25, -0.2) is 13.1 Å². The van der Waals surface area contributed by atoms with Crippen molar-refractivity contribution < 1.29 is 8.42 Å². The van der Waals surface area contributed by atoms with Gasteiger partial charge in [0.15, 0.2) is 0 Å². The summed E-state index contributed by atoms with van der Waals surface area (Å²) < 4.78 is 27.7. The fourth-order valence-corrected chi connectivity index (χ4v) is 3.69. The van der Waals surface area contributed by atoms with Crippen LogP contribution in [0.1, 0.15) is 18.4 Å². The maximum Gasteiger partial charge on any atom is 0.240 e. The maximum atomic E-state index is 12.2. The van der Waals surface area contributed by atoms with Gasteiger partial charge in [0, 0.05) is 17.1 Å². The van der Waals surface area contributed by atoms with E-state index in [1.807, 2.05) is 6.07 Å². The molecule has 3 N–H and O–H groups in total. The minimum Gasteiger partial charge on any atom is -0.326 e. The van der Waals surface area contributed by atoms with E-state index in [-0.39, 0.29) is 6.04 Å². The van der Waals surface area contributed by atoms with E-state index >= 15 is 0 Å². The molecule has 1 saturated carbocycles. The summed E-state index contributed by atoms with van der Waals surface area (Å²) in [5.74, 6) is 0.483. The fraction of sp³-hybridized carbons (Fsp3) is 0.500. The second-order valence-electron chi connectivity index (χ2n) is 4.76. The topological polar surface area (TPSA) is 72.2 Å². The highest BCUT2D eigenvalue weighted by Crippen LogP contribution is 2.31. The summed E-state index contributed by atoms with van der Waals surface area (Å²) in [5, 5.41) is 0. The molecule has 0 amide bonds. The molecular weight excluding hydrogens is 316 g/mol. The Balaban J connectivity index is 2.11. The van der Waals surface area contributed by atoms with Crippen LogP contribution >= 0.6 is 15.9 Å². The third kappa shape index (κ3) is 3.32. The zero-order valence-corrected chi connectivity index (χ0v) is 12.6. The molecule has 1 aliphatic carbocycles. The van der Waals surface area contributed by atoms with Gasteiger partial charge in [-0.05, 0) is 43.4 Å². The van der Waals surface area contributed by atoms with Crippen LogP contribution in [0.5, 0.6) is 0 Å². The van der Waals surface area contributed by atoms with Gasteiger partial charge in [0.1, 0.15) is 0 Å². The molecule has 1 atom stereocenters. The fourth-order valence-electron chi connectivity index (χ4n) is 1.84. The number of hydrogen-bond acceptors (Lipinski definition) is 3. The van der Waals surface area contributed by atoms with Crippen LogP contribution in [0, 0.1) is 12.8 Å².